The number of benzene rings is 1. The Morgan fingerprint density at radius 3 is 2.11 bits per heavy atom. The average molecular weight is 257 g/mol. The van der Waals surface area contributed by atoms with Crippen molar-refractivity contribution in [2.45, 2.75) is 20.8 Å². The van der Waals surface area contributed by atoms with Crippen molar-refractivity contribution in [3.8, 4) is 6.07 Å². The number of anilines is 1. The zero-order valence-corrected chi connectivity index (χ0v) is 12.2. The van der Waals surface area contributed by atoms with Gasteiger partial charge in [0.1, 0.15) is 0 Å². The van der Waals surface area contributed by atoms with Crippen LogP contribution in [0.2, 0.25) is 0 Å². The number of hydrogen-bond donors (Lipinski definition) is 0. The van der Waals surface area contributed by atoms with Crippen LogP contribution in [0.1, 0.15) is 26.3 Å². The molecule has 0 amide bonds. The number of rotatable bonds is 2. The molecule has 0 spiro atoms. The van der Waals surface area contributed by atoms with Gasteiger partial charge in [0.25, 0.3) is 0 Å². The molecule has 1 fully saturated rings. The third-order valence-electron chi connectivity index (χ3n) is 3.43. The Bertz CT molecular complexity index is 442. The molecule has 1 aromatic rings. The summed E-state index contributed by atoms with van der Waals surface area (Å²) in [7, 11) is 0. The van der Waals surface area contributed by atoms with Gasteiger partial charge in [0.15, 0.2) is 0 Å². The zero-order chi connectivity index (χ0) is 13.9. The molecule has 1 aliphatic heterocycles. The normalized spacial score (nSPS) is 17.3. The van der Waals surface area contributed by atoms with Gasteiger partial charge >= 0.3 is 0 Å². The monoisotopic (exact) mass is 257 g/mol. The van der Waals surface area contributed by atoms with Crippen molar-refractivity contribution in [2.24, 2.45) is 5.41 Å². The first-order valence-corrected chi connectivity index (χ1v) is 6.95. The highest BCUT2D eigenvalue weighted by Crippen LogP contribution is 2.20. The van der Waals surface area contributed by atoms with E-state index >= 15 is 0 Å². The van der Waals surface area contributed by atoms with Crippen LogP contribution in [0.3, 0.4) is 0 Å². The number of nitriles is 1. The summed E-state index contributed by atoms with van der Waals surface area (Å²) in [5.41, 5.74) is 2.33. The second kappa shape index (κ2) is 5.63. The highest BCUT2D eigenvalue weighted by atomic mass is 15.3. The lowest BCUT2D eigenvalue weighted by Crippen LogP contribution is -2.48. The van der Waals surface area contributed by atoms with E-state index in [-0.39, 0.29) is 0 Å². The molecule has 19 heavy (non-hydrogen) atoms. The van der Waals surface area contributed by atoms with E-state index in [9.17, 15) is 0 Å². The molecular formula is C16H23N3. The molecule has 0 radical (unpaired) electrons. The largest absolute Gasteiger partial charge is 0.369 e. The van der Waals surface area contributed by atoms with Crippen molar-refractivity contribution in [1.82, 2.24) is 4.90 Å². The summed E-state index contributed by atoms with van der Waals surface area (Å²) >= 11 is 0. The lowest BCUT2D eigenvalue weighted by molar-refractivity contribution is 0.182. The van der Waals surface area contributed by atoms with Crippen LogP contribution in [0.15, 0.2) is 24.3 Å². The second-order valence-electron chi connectivity index (χ2n) is 6.48. The highest BCUT2D eigenvalue weighted by Gasteiger charge is 2.21. The maximum atomic E-state index is 8.81. The molecular weight excluding hydrogens is 234 g/mol. The molecule has 0 unspecified atom stereocenters. The van der Waals surface area contributed by atoms with Crippen molar-refractivity contribution in [1.29, 1.82) is 5.26 Å². The molecule has 3 heteroatoms. The minimum Gasteiger partial charge on any atom is -0.369 e. The van der Waals surface area contributed by atoms with Gasteiger partial charge in [0, 0.05) is 38.4 Å². The highest BCUT2D eigenvalue weighted by molar-refractivity contribution is 5.50. The molecule has 0 aromatic heterocycles. The molecule has 1 aromatic carbocycles. The van der Waals surface area contributed by atoms with E-state index in [1.807, 2.05) is 12.1 Å². The first-order chi connectivity index (χ1) is 8.98. The van der Waals surface area contributed by atoms with E-state index in [1.165, 1.54) is 5.69 Å². The minimum atomic E-state index is 0.372. The molecule has 0 N–H and O–H groups in total. The van der Waals surface area contributed by atoms with Gasteiger partial charge < -0.3 is 4.90 Å². The van der Waals surface area contributed by atoms with Crippen LogP contribution in [0, 0.1) is 16.7 Å². The number of nitrogens with zero attached hydrogens (tertiary/aromatic N) is 3. The van der Waals surface area contributed by atoms with E-state index < -0.39 is 0 Å². The summed E-state index contributed by atoms with van der Waals surface area (Å²) in [6, 6.07) is 10.1. The Balaban J connectivity index is 1.91. The maximum Gasteiger partial charge on any atom is 0.0991 e. The predicted molar refractivity (Wildman–Crippen MR) is 79.3 cm³/mol. The van der Waals surface area contributed by atoms with Gasteiger partial charge in [-0.05, 0) is 29.7 Å². The van der Waals surface area contributed by atoms with Crippen molar-refractivity contribution < 1.29 is 0 Å². The molecule has 2 rings (SSSR count). The SMILES string of the molecule is CC(C)(C)CN1CCN(c2ccc(C#N)cc2)CC1. The maximum absolute atomic E-state index is 8.81. The molecule has 102 valence electrons. The van der Waals surface area contributed by atoms with E-state index in [0.717, 1.165) is 38.3 Å². The van der Waals surface area contributed by atoms with Gasteiger partial charge in [0.2, 0.25) is 0 Å². The number of hydrogen-bond acceptors (Lipinski definition) is 3. The van der Waals surface area contributed by atoms with Crippen molar-refractivity contribution in [3.63, 3.8) is 0 Å². The summed E-state index contributed by atoms with van der Waals surface area (Å²) in [5.74, 6) is 0. The lowest BCUT2D eigenvalue weighted by Gasteiger charge is -2.38. The van der Waals surface area contributed by atoms with Crippen molar-refractivity contribution in [2.75, 3.05) is 37.6 Å². The lowest BCUT2D eigenvalue weighted by atomic mass is 9.96. The molecule has 0 aliphatic carbocycles. The molecule has 0 saturated carbocycles. The minimum absolute atomic E-state index is 0.372. The van der Waals surface area contributed by atoms with E-state index in [1.54, 1.807) is 0 Å². The van der Waals surface area contributed by atoms with Gasteiger partial charge in [-0.15, -0.1) is 0 Å². The van der Waals surface area contributed by atoms with Crippen LogP contribution >= 0.6 is 0 Å². The molecule has 1 heterocycles. The summed E-state index contributed by atoms with van der Waals surface area (Å²) in [6.07, 6.45) is 0. The molecule has 1 saturated heterocycles. The third-order valence-corrected chi connectivity index (χ3v) is 3.43. The fourth-order valence-corrected chi connectivity index (χ4v) is 2.58. The van der Waals surface area contributed by atoms with Gasteiger partial charge in [-0.1, -0.05) is 20.8 Å². The molecule has 3 nitrogen and oxygen atoms in total. The predicted octanol–water partition coefficient (Wildman–Crippen LogP) is 2.73. The van der Waals surface area contributed by atoms with Crippen LogP contribution < -0.4 is 4.90 Å². The van der Waals surface area contributed by atoms with Gasteiger partial charge in [-0.2, -0.15) is 5.26 Å². The second-order valence-corrected chi connectivity index (χ2v) is 6.48. The van der Waals surface area contributed by atoms with Crippen molar-refractivity contribution >= 4 is 5.69 Å². The summed E-state index contributed by atoms with van der Waals surface area (Å²) in [4.78, 5) is 4.94. The Morgan fingerprint density at radius 2 is 1.63 bits per heavy atom. The van der Waals surface area contributed by atoms with Gasteiger partial charge in [-0.25, -0.2) is 0 Å². The van der Waals surface area contributed by atoms with E-state index in [2.05, 4.69) is 48.8 Å². The Hall–Kier alpha value is -1.53. The van der Waals surface area contributed by atoms with Gasteiger partial charge in [0.05, 0.1) is 11.6 Å². The van der Waals surface area contributed by atoms with Crippen LogP contribution in [0.5, 0.6) is 0 Å². The van der Waals surface area contributed by atoms with Crippen LogP contribution in [-0.4, -0.2) is 37.6 Å². The molecule has 0 bridgehead atoms. The van der Waals surface area contributed by atoms with Crippen LogP contribution in [0.4, 0.5) is 5.69 Å². The fourth-order valence-electron chi connectivity index (χ4n) is 2.58. The number of piperazine rings is 1. The Kier molecular flexibility index (Phi) is 4.11. The average Bonchev–Trinajstić information content (AvgIpc) is 2.38. The van der Waals surface area contributed by atoms with Crippen LogP contribution in [0.25, 0.3) is 0 Å². The smallest absolute Gasteiger partial charge is 0.0991 e. The van der Waals surface area contributed by atoms with Gasteiger partial charge in [-0.3, -0.25) is 4.90 Å². The molecule has 1 aliphatic rings. The van der Waals surface area contributed by atoms with E-state index in [0.29, 0.717) is 5.41 Å². The first-order valence-electron chi connectivity index (χ1n) is 6.95. The molecule has 0 atom stereocenters. The van der Waals surface area contributed by atoms with Crippen molar-refractivity contribution in [3.05, 3.63) is 29.8 Å². The Morgan fingerprint density at radius 1 is 1.05 bits per heavy atom. The summed E-state index contributed by atoms with van der Waals surface area (Å²) < 4.78 is 0. The Labute approximate surface area is 116 Å². The third kappa shape index (κ3) is 3.97. The van der Waals surface area contributed by atoms with E-state index in [4.69, 9.17) is 5.26 Å². The summed E-state index contributed by atoms with van der Waals surface area (Å²) in [5, 5.41) is 8.81. The summed E-state index contributed by atoms with van der Waals surface area (Å²) in [6.45, 7) is 12.4. The quantitative estimate of drug-likeness (QED) is 0.816. The fraction of sp³-hybridized carbons (Fsp3) is 0.562. The van der Waals surface area contributed by atoms with Crippen LogP contribution in [-0.2, 0) is 0 Å². The standard InChI is InChI=1S/C16H23N3/c1-16(2,3)13-18-8-10-19(11-9-18)15-6-4-14(12-17)5-7-15/h4-7H,8-11,13H2,1-3H3. The topological polar surface area (TPSA) is 30.3 Å². The first kappa shape index (κ1) is 13.9. The zero-order valence-electron chi connectivity index (χ0n) is 12.2.